The van der Waals surface area contributed by atoms with Crippen LogP contribution in [-0.4, -0.2) is 16.7 Å². The van der Waals surface area contributed by atoms with Crippen LogP contribution in [0.5, 0.6) is 0 Å². The maximum Gasteiger partial charge on any atom is 0.423 e. The lowest BCUT2D eigenvalue weighted by atomic mass is 9.88. The molecule has 1 aromatic rings. The minimum Gasteiger partial charge on any atom is -0.273 e. The molecular formula is C16H11F3N2O4. The molecule has 9 heteroatoms. The van der Waals surface area contributed by atoms with Gasteiger partial charge < -0.3 is 0 Å². The summed E-state index contributed by atoms with van der Waals surface area (Å²) in [5, 5.41) is 10.8. The molecule has 2 bridgehead atoms. The van der Waals surface area contributed by atoms with E-state index < -0.39 is 40.1 Å². The van der Waals surface area contributed by atoms with Gasteiger partial charge in [-0.1, -0.05) is 5.57 Å². The van der Waals surface area contributed by atoms with Crippen molar-refractivity contribution in [3.05, 3.63) is 45.0 Å². The summed E-state index contributed by atoms with van der Waals surface area (Å²) in [6.07, 6.45) is -2.75. The lowest BCUT2D eigenvalue weighted by molar-refractivity contribution is -0.388. The van der Waals surface area contributed by atoms with Crippen molar-refractivity contribution in [3.63, 3.8) is 0 Å². The van der Waals surface area contributed by atoms with Gasteiger partial charge in [-0.25, -0.2) is 4.90 Å². The minimum atomic E-state index is -4.97. The van der Waals surface area contributed by atoms with Gasteiger partial charge in [0.1, 0.15) is 5.56 Å². The number of allylic oxidation sites excluding steroid dienone is 1. The molecule has 2 aliphatic carbocycles. The molecule has 0 spiro atoms. The summed E-state index contributed by atoms with van der Waals surface area (Å²) in [7, 11) is 0. The van der Waals surface area contributed by atoms with E-state index in [0.29, 0.717) is 24.1 Å². The molecule has 2 amide bonds. The molecule has 25 heavy (non-hydrogen) atoms. The number of anilines is 1. The van der Waals surface area contributed by atoms with E-state index in [1.165, 1.54) is 0 Å². The molecule has 2 unspecified atom stereocenters. The van der Waals surface area contributed by atoms with Crippen LogP contribution >= 0.6 is 0 Å². The Kier molecular flexibility index (Phi) is 3.10. The van der Waals surface area contributed by atoms with Crippen molar-refractivity contribution >= 4 is 23.2 Å². The van der Waals surface area contributed by atoms with Crippen molar-refractivity contribution in [1.82, 2.24) is 0 Å². The number of nitrogens with zero attached hydrogens (tertiary/aromatic N) is 2. The van der Waals surface area contributed by atoms with Gasteiger partial charge in [0.2, 0.25) is 5.91 Å². The van der Waals surface area contributed by atoms with Gasteiger partial charge >= 0.3 is 6.18 Å². The molecule has 2 fully saturated rings. The third-order valence-electron chi connectivity index (χ3n) is 5.15. The van der Waals surface area contributed by atoms with Gasteiger partial charge in [0.05, 0.1) is 16.5 Å². The van der Waals surface area contributed by atoms with Crippen molar-refractivity contribution in [1.29, 1.82) is 0 Å². The summed E-state index contributed by atoms with van der Waals surface area (Å²) in [4.78, 5) is 35.7. The number of hydrogen-bond acceptors (Lipinski definition) is 4. The highest BCUT2D eigenvalue weighted by Gasteiger charge is 2.55. The zero-order valence-corrected chi connectivity index (χ0v) is 12.7. The highest BCUT2D eigenvalue weighted by atomic mass is 19.4. The first kappa shape index (κ1) is 15.8. The Morgan fingerprint density at radius 3 is 2.56 bits per heavy atom. The summed E-state index contributed by atoms with van der Waals surface area (Å²) in [5.74, 6) is -1.69. The normalized spacial score (nSPS) is 25.2. The van der Waals surface area contributed by atoms with Gasteiger partial charge in [-0.3, -0.25) is 19.7 Å². The molecular weight excluding hydrogens is 341 g/mol. The van der Waals surface area contributed by atoms with Gasteiger partial charge in [-0.05, 0) is 37.3 Å². The van der Waals surface area contributed by atoms with Crippen LogP contribution in [0, 0.1) is 22.0 Å². The molecule has 3 aliphatic rings. The van der Waals surface area contributed by atoms with Gasteiger partial charge in [0.15, 0.2) is 0 Å². The lowest BCUT2D eigenvalue weighted by Crippen LogP contribution is -2.32. The van der Waals surface area contributed by atoms with Crippen LogP contribution < -0.4 is 4.90 Å². The summed E-state index contributed by atoms with van der Waals surface area (Å²) >= 11 is 0. The lowest BCUT2D eigenvalue weighted by Gasteiger charge is -2.18. The van der Waals surface area contributed by atoms with E-state index in [2.05, 4.69) is 0 Å². The van der Waals surface area contributed by atoms with Gasteiger partial charge in [-0.2, -0.15) is 13.2 Å². The average Bonchev–Trinajstić information content (AvgIpc) is 3.20. The standard InChI is InChI=1S/C16H11F3N2O4/c17-16(18,19)10-6-9(3-4-11(10)21(24)25)20-14(22)12-7-1-2-8(5-7)13(12)15(20)23/h3-4,6-7,12H,1-2,5H2. The maximum atomic E-state index is 13.1. The number of alkyl halides is 3. The number of nitro benzene ring substituents is 1. The zero-order chi connectivity index (χ0) is 18.1. The molecule has 4 rings (SSSR count). The monoisotopic (exact) mass is 352 g/mol. The molecule has 1 saturated carbocycles. The van der Waals surface area contributed by atoms with E-state index in [9.17, 15) is 32.9 Å². The van der Waals surface area contributed by atoms with E-state index in [1.807, 2.05) is 0 Å². The van der Waals surface area contributed by atoms with Crippen molar-refractivity contribution in [2.45, 2.75) is 25.4 Å². The third-order valence-corrected chi connectivity index (χ3v) is 5.15. The summed E-state index contributed by atoms with van der Waals surface area (Å²) < 4.78 is 39.4. The summed E-state index contributed by atoms with van der Waals surface area (Å²) in [6, 6.07) is 2.19. The van der Waals surface area contributed by atoms with Crippen LogP contribution in [0.15, 0.2) is 29.3 Å². The Bertz CT molecular complexity index is 875. The van der Waals surface area contributed by atoms with Gasteiger partial charge in [0.25, 0.3) is 11.6 Å². The average molecular weight is 352 g/mol. The largest absolute Gasteiger partial charge is 0.423 e. The molecule has 1 aliphatic heterocycles. The number of benzene rings is 1. The fourth-order valence-corrected chi connectivity index (χ4v) is 4.13. The first-order chi connectivity index (χ1) is 11.7. The second-order valence-corrected chi connectivity index (χ2v) is 6.43. The molecule has 0 aromatic heterocycles. The predicted octanol–water partition coefficient (Wildman–Crippen LogP) is 3.21. The van der Waals surface area contributed by atoms with Gasteiger partial charge in [0, 0.05) is 11.6 Å². The first-order valence-corrected chi connectivity index (χ1v) is 7.66. The molecule has 2 atom stereocenters. The molecule has 1 heterocycles. The predicted molar refractivity (Wildman–Crippen MR) is 78.4 cm³/mol. The number of halogens is 3. The third kappa shape index (κ3) is 2.11. The van der Waals surface area contributed by atoms with Crippen LogP contribution in [0.2, 0.25) is 0 Å². The van der Waals surface area contributed by atoms with Crippen LogP contribution in [-0.2, 0) is 15.8 Å². The van der Waals surface area contributed by atoms with Crippen LogP contribution in [0.25, 0.3) is 0 Å². The molecule has 0 radical (unpaired) electrons. The van der Waals surface area contributed by atoms with Crippen LogP contribution in [0.4, 0.5) is 24.5 Å². The Morgan fingerprint density at radius 2 is 1.96 bits per heavy atom. The quantitative estimate of drug-likeness (QED) is 0.465. The van der Waals surface area contributed by atoms with Crippen LogP contribution in [0.1, 0.15) is 24.8 Å². The van der Waals surface area contributed by atoms with E-state index in [0.717, 1.165) is 29.4 Å². The van der Waals surface area contributed by atoms with Crippen LogP contribution in [0.3, 0.4) is 0 Å². The van der Waals surface area contributed by atoms with E-state index in [4.69, 9.17) is 0 Å². The molecule has 0 N–H and O–H groups in total. The number of carbonyl (C=O) groups is 2. The topological polar surface area (TPSA) is 80.5 Å². The molecule has 130 valence electrons. The highest BCUT2D eigenvalue weighted by molar-refractivity contribution is 6.30. The number of nitro groups is 1. The zero-order valence-electron chi connectivity index (χ0n) is 12.7. The SMILES string of the molecule is O=C1C2=C3CCC(C3)C2C(=O)N1c1ccc([N+](=O)[O-])c(C(F)(F)F)c1. The number of carbonyl (C=O) groups excluding carboxylic acids is 2. The summed E-state index contributed by atoms with van der Waals surface area (Å²) in [5.41, 5.74) is -1.55. The minimum absolute atomic E-state index is 0.0339. The first-order valence-electron chi connectivity index (χ1n) is 7.66. The maximum absolute atomic E-state index is 13.1. The highest BCUT2D eigenvalue weighted by Crippen LogP contribution is 2.53. The van der Waals surface area contributed by atoms with Crippen molar-refractivity contribution < 1.29 is 27.7 Å². The molecule has 1 saturated heterocycles. The Balaban J connectivity index is 1.81. The summed E-state index contributed by atoms with van der Waals surface area (Å²) in [6.45, 7) is 0. The molecule has 1 aromatic carbocycles. The van der Waals surface area contributed by atoms with E-state index in [1.54, 1.807) is 0 Å². The fourth-order valence-electron chi connectivity index (χ4n) is 4.13. The Labute approximate surface area is 139 Å². The second kappa shape index (κ2) is 4.90. The number of amides is 2. The number of rotatable bonds is 2. The van der Waals surface area contributed by atoms with Crippen molar-refractivity contribution in [2.24, 2.45) is 11.8 Å². The number of imide groups is 1. The molecule has 6 nitrogen and oxygen atoms in total. The number of fused-ring (bicyclic) bond motifs is 4. The van der Waals surface area contributed by atoms with E-state index in [-0.39, 0.29) is 11.6 Å². The number of hydrogen-bond donors (Lipinski definition) is 0. The smallest absolute Gasteiger partial charge is 0.273 e. The Hall–Kier alpha value is -2.71. The van der Waals surface area contributed by atoms with Crippen molar-refractivity contribution in [2.75, 3.05) is 4.90 Å². The van der Waals surface area contributed by atoms with Crippen molar-refractivity contribution in [3.8, 4) is 0 Å². The second-order valence-electron chi connectivity index (χ2n) is 6.43. The fraction of sp³-hybridized carbons (Fsp3) is 0.375. The van der Waals surface area contributed by atoms with E-state index >= 15 is 0 Å². The van der Waals surface area contributed by atoms with Gasteiger partial charge in [-0.15, -0.1) is 0 Å². The Morgan fingerprint density at radius 1 is 1.24 bits per heavy atom.